The summed E-state index contributed by atoms with van der Waals surface area (Å²) in [7, 11) is 0. The number of carbonyl (C=O) groups excluding carboxylic acids is 2. The summed E-state index contributed by atoms with van der Waals surface area (Å²) in [5.74, 6) is 0.291. The van der Waals surface area contributed by atoms with E-state index in [1.54, 1.807) is 9.80 Å². The topological polar surface area (TPSA) is 107 Å². The maximum atomic E-state index is 13.3. The van der Waals surface area contributed by atoms with Crippen LogP contribution in [0.1, 0.15) is 101 Å². The molecule has 0 radical (unpaired) electrons. The number of hydrogen-bond acceptors (Lipinski definition) is 6. The summed E-state index contributed by atoms with van der Waals surface area (Å²) in [4.78, 5) is 30.1. The van der Waals surface area contributed by atoms with E-state index in [0.29, 0.717) is 88.3 Å². The van der Waals surface area contributed by atoms with Gasteiger partial charge in [0.05, 0.1) is 0 Å². The van der Waals surface area contributed by atoms with Crippen LogP contribution in [0.2, 0.25) is 0 Å². The maximum absolute atomic E-state index is 13.3. The van der Waals surface area contributed by atoms with Gasteiger partial charge in [-0.3, -0.25) is 0 Å². The molecule has 0 aliphatic carbocycles. The molecule has 0 aliphatic rings. The number of ether oxygens (including phenoxy) is 2. The lowest BCUT2D eigenvalue weighted by Crippen LogP contribution is -2.42. The number of rotatable bonds is 21. The summed E-state index contributed by atoms with van der Waals surface area (Å²) in [6.07, 6.45) is 2.00. The molecule has 0 saturated carbocycles. The molecule has 0 bridgehead atoms. The summed E-state index contributed by atoms with van der Waals surface area (Å²) in [6.45, 7) is 15.7. The molecule has 0 spiro atoms. The van der Waals surface area contributed by atoms with Gasteiger partial charge in [-0.25, -0.2) is 9.59 Å². The Balaban J connectivity index is 1.23. The van der Waals surface area contributed by atoms with E-state index in [1.165, 1.54) is 22.3 Å². The summed E-state index contributed by atoms with van der Waals surface area (Å²) in [5, 5.41) is 14.6. The smallest absolute Gasteiger partial charge is 0.410 e. The first kappa shape index (κ1) is 49.5. The Morgan fingerprint density at radius 1 is 0.468 bits per heavy atom. The third-order valence-corrected chi connectivity index (χ3v) is 10.5. The molecule has 0 unspecified atom stereocenters. The fourth-order valence-electron chi connectivity index (χ4n) is 6.90. The largest absolute Gasteiger partial charge is 0.444 e. The molecule has 4 aromatic rings. The van der Waals surface area contributed by atoms with Gasteiger partial charge in [-0.1, -0.05) is 121 Å². The molecule has 4 rings (SSSR count). The van der Waals surface area contributed by atoms with Gasteiger partial charge in [-0.15, -0.1) is 0 Å². The first-order valence-corrected chi connectivity index (χ1v) is 22.7. The highest BCUT2D eigenvalue weighted by atomic mass is 32.1. The minimum absolute atomic E-state index is 0.146. The molecule has 4 aromatic carbocycles. The van der Waals surface area contributed by atoms with Crippen molar-refractivity contribution in [2.75, 3.05) is 52.4 Å². The molecular formula is C50H68N6O4S2. The van der Waals surface area contributed by atoms with Gasteiger partial charge in [0.25, 0.3) is 0 Å². The van der Waals surface area contributed by atoms with Crippen LogP contribution in [0, 0.1) is 0 Å². The van der Waals surface area contributed by atoms with Crippen LogP contribution in [-0.4, -0.2) is 95.8 Å². The molecule has 0 saturated heterocycles. The van der Waals surface area contributed by atoms with Gasteiger partial charge >= 0.3 is 12.2 Å². The van der Waals surface area contributed by atoms with E-state index in [-0.39, 0.29) is 24.0 Å². The molecule has 4 N–H and O–H groups in total. The van der Waals surface area contributed by atoms with Gasteiger partial charge in [-0.05, 0) is 114 Å². The van der Waals surface area contributed by atoms with Crippen LogP contribution in [0.15, 0.2) is 121 Å². The predicted octanol–water partition coefficient (Wildman–Crippen LogP) is 9.61. The number of nitrogens with zero attached hydrogens (tertiary/aromatic N) is 2. The van der Waals surface area contributed by atoms with Crippen molar-refractivity contribution in [3.8, 4) is 0 Å². The first-order chi connectivity index (χ1) is 29.7. The maximum Gasteiger partial charge on any atom is 0.410 e. The van der Waals surface area contributed by atoms with E-state index >= 15 is 0 Å². The van der Waals surface area contributed by atoms with Gasteiger partial charge in [0.1, 0.15) is 11.2 Å². The molecular weight excluding hydrogens is 813 g/mol. The fraction of sp³-hybridized carbons (Fsp3) is 0.440. The Kier molecular flexibility index (Phi) is 20.5. The molecule has 2 amide bonds. The first-order valence-electron chi connectivity index (χ1n) is 21.9. The van der Waals surface area contributed by atoms with Crippen molar-refractivity contribution in [3.05, 3.63) is 144 Å². The zero-order valence-corrected chi connectivity index (χ0v) is 39.2. The van der Waals surface area contributed by atoms with Crippen molar-refractivity contribution in [3.63, 3.8) is 0 Å². The number of benzene rings is 4. The van der Waals surface area contributed by atoms with Crippen molar-refractivity contribution < 1.29 is 19.1 Å². The Labute approximate surface area is 381 Å². The van der Waals surface area contributed by atoms with Gasteiger partial charge < -0.3 is 40.5 Å². The Bertz CT molecular complexity index is 1710. The van der Waals surface area contributed by atoms with E-state index < -0.39 is 11.2 Å². The number of unbranched alkanes of at least 4 members (excludes halogenated alkanes) is 1. The number of nitrogens with one attached hydrogen (secondary N) is 4. The average Bonchev–Trinajstić information content (AvgIpc) is 3.24. The lowest BCUT2D eigenvalue weighted by atomic mass is 9.91. The predicted molar refractivity (Wildman–Crippen MR) is 261 cm³/mol. The van der Waals surface area contributed by atoms with Crippen LogP contribution in [-0.2, 0) is 9.47 Å². The minimum atomic E-state index is -0.627. The highest BCUT2D eigenvalue weighted by molar-refractivity contribution is 7.80. The molecule has 0 fully saturated rings. The highest BCUT2D eigenvalue weighted by Crippen LogP contribution is 2.25. The highest BCUT2D eigenvalue weighted by Gasteiger charge is 2.24. The molecule has 0 aromatic heterocycles. The third-order valence-electron chi connectivity index (χ3n) is 9.93. The molecule has 0 atom stereocenters. The van der Waals surface area contributed by atoms with E-state index in [4.69, 9.17) is 33.9 Å². The van der Waals surface area contributed by atoms with Crippen molar-refractivity contribution in [2.45, 2.75) is 90.3 Å². The third kappa shape index (κ3) is 18.8. The molecule has 62 heavy (non-hydrogen) atoms. The molecule has 0 heterocycles. The minimum Gasteiger partial charge on any atom is -0.444 e. The summed E-state index contributed by atoms with van der Waals surface area (Å²) in [6, 6.07) is 41.7. The summed E-state index contributed by atoms with van der Waals surface area (Å²) >= 11 is 11.3. The number of amides is 2. The zero-order chi connectivity index (χ0) is 44.8. The average molecular weight is 881 g/mol. The van der Waals surface area contributed by atoms with Crippen LogP contribution in [0.25, 0.3) is 0 Å². The van der Waals surface area contributed by atoms with E-state index in [9.17, 15) is 9.59 Å². The second-order valence-corrected chi connectivity index (χ2v) is 18.2. The molecule has 12 heteroatoms. The van der Waals surface area contributed by atoms with Gasteiger partial charge in [0, 0.05) is 64.2 Å². The van der Waals surface area contributed by atoms with Crippen molar-refractivity contribution in [2.24, 2.45) is 0 Å². The standard InChI is InChI=1S/C50H68N6O4S2/c1-49(2,3)59-47(57)55(35-21-31-51-45(61)53-37-43(39-23-11-7-12-24-39)40-25-13-8-14-26-40)33-19-20-34-56(48(58)60-50(4,5)6)36-22-32-52-46(62)54-38-44(41-27-15-9-16-28-41)42-29-17-10-18-30-42/h7-18,23-30,43-44H,19-22,31-38H2,1-6H3,(H2,51,53,61)(H2,52,54,62). The number of hydrogen-bond donors (Lipinski definition) is 4. The Morgan fingerprint density at radius 3 is 1.02 bits per heavy atom. The number of carbonyl (C=O) groups is 2. The SMILES string of the molecule is CC(C)(C)OC(=O)N(CCCCN(CCCNC(=S)NCC(c1ccccc1)c1ccccc1)C(=O)OC(C)(C)C)CCCNC(=S)NCC(c1ccccc1)c1ccccc1. The van der Waals surface area contributed by atoms with Gasteiger partial charge in [-0.2, -0.15) is 0 Å². The van der Waals surface area contributed by atoms with Crippen LogP contribution in [0.3, 0.4) is 0 Å². The van der Waals surface area contributed by atoms with E-state index in [2.05, 4.69) is 118 Å². The van der Waals surface area contributed by atoms with E-state index in [0.717, 1.165) is 0 Å². The molecule has 334 valence electrons. The van der Waals surface area contributed by atoms with Crippen molar-refractivity contribution in [1.82, 2.24) is 31.1 Å². The van der Waals surface area contributed by atoms with E-state index in [1.807, 2.05) is 65.8 Å². The molecule has 0 aliphatic heterocycles. The van der Waals surface area contributed by atoms with Crippen LogP contribution in [0.4, 0.5) is 9.59 Å². The fourth-order valence-corrected chi connectivity index (χ4v) is 7.27. The monoisotopic (exact) mass is 880 g/mol. The number of thiocarbonyl (C=S) groups is 2. The van der Waals surface area contributed by atoms with Crippen molar-refractivity contribution in [1.29, 1.82) is 0 Å². The normalized spacial score (nSPS) is 11.4. The lowest BCUT2D eigenvalue weighted by molar-refractivity contribution is 0.0208. The Morgan fingerprint density at radius 2 is 0.742 bits per heavy atom. The quantitative estimate of drug-likeness (QED) is 0.0478. The van der Waals surface area contributed by atoms with Gasteiger partial charge in [0.15, 0.2) is 10.2 Å². The molecule has 10 nitrogen and oxygen atoms in total. The Hall–Kier alpha value is -5.20. The van der Waals surface area contributed by atoms with Crippen molar-refractivity contribution >= 4 is 46.8 Å². The van der Waals surface area contributed by atoms with Crippen LogP contribution < -0.4 is 21.3 Å². The second kappa shape index (κ2) is 25.7. The zero-order valence-electron chi connectivity index (χ0n) is 37.5. The second-order valence-electron chi connectivity index (χ2n) is 17.4. The van der Waals surface area contributed by atoms with Crippen LogP contribution >= 0.6 is 24.4 Å². The summed E-state index contributed by atoms with van der Waals surface area (Å²) in [5.41, 5.74) is 3.61. The van der Waals surface area contributed by atoms with Gasteiger partial charge in [0.2, 0.25) is 0 Å². The summed E-state index contributed by atoms with van der Waals surface area (Å²) < 4.78 is 11.6. The van der Waals surface area contributed by atoms with Crippen LogP contribution in [0.5, 0.6) is 0 Å². The lowest BCUT2D eigenvalue weighted by Gasteiger charge is -2.29.